The lowest BCUT2D eigenvalue weighted by Crippen LogP contribution is -2.33. The van der Waals surface area contributed by atoms with Crippen molar-refractivity contribution in [3.05, 3.63) is 0 Å². The van der Waals surface area contributed by atoms with Gasteiger partial charge in [-0.25, -0.2) is 0 Å². The lowest BCUT2D eigenvalue weighted by atomic mass is 10.6. The number of carbonyl (C=O) groups excluding carboxylic acids is 1. The van der Waals surface area contributed by atoms with Crippen LogP contribution < -0.4 is 5.32 Å². The summed E-state index contributed by atoms with van der Waals surface area (Å²) in [6.45, 7) is -0.423. The number of carbonyl (C=O) groups is 1. The second-order valence-corrected chi connectivity index (χ2v) is 5.39. The third kappa shape index (κ3) is 9.38. The lowest BCUT2D eigenvalue weighted by Gasteiger charge is -2.01. The highest BCUT2D eigenvalue weighted by Crippen LogP contribution is 1.83. The van der Waals surface area contributed by atoms with Crippen molar-refractivity contribution in [2.24, 2.45) is 0 Å². The largest absolute Gasteiger partial charge is 0.354 e. The summed E-state index contributed by atoms with van der Waals surface area (Å²) in [5.74, 6) is -2.90. The van der Waals surface area contributed by atoms with Crippen LogP contribution in [0.3, 0.4) is 0 Å². The number of rotatable bonds is 5. The van der Waals surface area contributed by atoms with Gasteiger partial charge in [0.15, 0.2) is 5.75 Å². The zero-order valence-electron chi connectivity index (χ0n) is 6.87. The third-order valence-electron chi connectivity index (χ3n) is 0.996. The first-order chi connectivity index (χ1) is 6.10. The first-order valence-corrected chi connectivity index (χ1v) is 6.49. The van der Waals surface area contributed by atoms with E-state index in [4.69, 9.17) is 9.11 Å². The number of nitrogens with one attached hydrogen (secondary N) is 1. The molecule has 0 radical (unpaired) electrons. The van der Waals surface area contributed by atoms with Crippen LogP contribution in [0.4, 0.5) is 0 Å². The zero-order chi connectivity index (χ0) is 11.4. The minimum absolute atomic E-state index is 0.423. The van der Waals surface area contributed by atoms with E-state index < -0.39 is 44.2 Å². The molecule has 3 N–H and O–H groups in total. The molecule has 0 fully saturated rings. The minimum atomic E-state index is -4.41. The summed E-state index contributed by atoms with van der Waals surface area (Å²) in [4.78, 5) is 10.6. The summed E-state index contributed by atoms with van der Waals surface area (Å²) in [7, 11) is -8.60. The number of hydrogen-bond acceptors (Lipinski definition) is 5. The monoisotopic (exact) mass is 247 g/mol. The van der Waals surface area contributed by atoms with Crippen LogP contribution in [0.1, 0.15) is 0 Å². The van der Waals surface area contributed by atoms with Crippen LogP contribution in [0.5, 0.6) is 0 Å². The first kappa shape index (κ1) is 13.3. The Hall–Kier alpha value is -0.710. The third-order valence-corrected chi connectivity index (χ3v) is 2.34. The molecule has 0 aromatic rings. The van der Waals surface area contributed by atoms with Crippen molar-refractivity contribution in [3.8, 4) is 0 Å². The molecule has 0 rings (SSSR count). The molecule has 0 aliphatic heterocycles. The topological polar surface area (TPSA) is 138 Å². The van der Waals surface area contributed by atoms with Gasteiger partial charge in [0.05, 0.1) is 5.75 Å². The number of amides is 1. The molecule has 0 unspecified atom stereocenters. The van der Waals surface area contributed by atoms with Gasteiger partial charge < -0.3 is 5.32 Å². The standard InChI is InChI=1S/C4H9NO7S2/c6-4(3-14(10,11)12)5-1-2-13(7,8)9/h1-3H2,(H,5,6)(H,7,8,9)(H,10,11,12). The van der Waals surface area contributed by atoms with Gasteiger partial charge >= 0.3 is 0 Å². The molecule has 8 nitrogen and oxygen atoms in total. The normalized spacial score (nSPS) is 12.4. The summed E-state index contributed by atoms with van der Waals surface area (Å²) in [5.41, 5.74) is 0. The van der Waals surface area contributed by atoms with Crippen LogP contribution in [0.25, 0.3) is 0 Å². The molecule has 0 aromatic carbocycles. The Bertz CT molecular complexity index is 393. The van der Waals surface area contributed by atoms with E-state index in [9.17, 15) is 21.6 Å². The van der Waals surface area contributed by atoms with E-state index in [-0.39, 0.29) is 0 Å². The highest BCUT2D eigenvalue weighted by Gasteiger charge is 2.13. The van der Waals surface area contributed by atoms with Crippen molar-refractivity contribution in [2.45, 2.75) is 0 Å². The minimum Gasteiger partial charge on any atom is -0.354 e. The van der Waals surface area contributed by atoms with E-state index >= 15 is 0 Å². The quantitative estimate of drug-likeness (QED) is 0.472. The predicted octanol–water partition coefficient (Wildman–Crippen LogP) is -2.12. The Kier molecular flexibility index (Phi) is 4.45. The van der Waals surface area contributed by atoms with Crippen LogP contribution >= 0.6 is 0 Å². The number of hydrogen-bond donors (Lipinski definition) is 3. The van der Waals surface area contributed by atoms with E-state index in [1.807, 2.05) is 5.32 Å². The van der Waals surface area contributed by atoms with Crippen LogP contribution in [-0.2, 0) is 25.0 Å². The molecule has 0 aliphatic carbocycles. The molecule has 0 atom stereocenters. The van der Waals surface area contributed by atoms with Gasteiger partial charge in [-0.05, 0) is 0 Å². The summed E-state index contributed by atoms with van der Waals surface area (Å²) < 4.78 is 56.9. The van der Waals surface area contributed by atoms with Crippen molar-refractivity contribution in [3.63, 3.8) is 0 Å². The molecule has 0 aliphatic rings. The van der Waals surface area contributed by atoms with Crippen LogP contribution in [0.2, 0.25) is 0 Å². The van der Waals surface area contributed by atoms with Crippen LogP contribution in [0.15, 0.2) is 0 Å². The molecule has 14 heavy (non-hydrogen) atoms. The van der Waals surface area contributed by atoms with E-state index in [0.717, 1.165) is 0 Å². The SMILES string of the molecule is O=C(CS(=O)(=O)O)NCCS(=O)(=O)O. The fourth-order valence-electron chi connectivity index (χ4n) is 0.536. The van der Waals surface area contributed by atoms with Gasteiger partial charge in [0.1, 0.15) is 0 Å². The maximum atomic E-state index is 10.6. The summed E-state index contributed by atoms with van der Waals surface area (Å²) in [6.07, 6.45) is 0. The molecule has 10 heteroatoms. The Morgan fingerprint density at radius 3 is 1.93 bits per heavy atom. The van der Waals surface area contributed by atoms with Gasteiger partial charge in [0, 0.05) is 6.54 Å². The summed E-state index contributed by atoms with van der Waals surface area (Å²) in [5, 5.41) is 1.88. The van der Waals surface area contributed by atoms with Crippen LogP contribution in [-0.4, -0.2) is 49.9 Å². The molecule has 0 saturated heterocycles. The van der Waals surface area contributed by atoms with Crippen molar-refractivity contribution in [1.82, 2.24) is 5.32 Å². The molecule has 0 aromatic heterocycles. The molecule has 1 amide bonds. The van der Waals surface area contributed by atoms with E-state index in [0.29, 0.717) is 0 Å². The zero-order valence-corrected chi connectivity index (χ0v) is 8.51. The molecule has 0 bridgehead atoms. The van der Waals surface area contributed by atoms with Gasteiger partial charge in [0.2, 0.25) is 5.91 Å². The second-order valence-electron chi connectivity index (χ2n) is 2.36. The maximum absolute atomic E-state index is 10.6. The molecular weight excluding hydrogens is 238 g/mol. The maximum Gasteiger partial charge on any atom is 0.274 e. The van der Waals surface area contributed by atoms with Crippen molar-refractivity contribution >= 4 is 26.1 Å². The van der Waals surface area contributed by atoms with E-state index in [1.165, 1.54) is 0 Å². The average Bonchev–Trinajstić information content (AvgIpc) is 1.78. The van der Waals surface area contributed by atoms with Gasteiger partial charge in [0.25, 0.3) is 20.2 Å². The van der Waals surface area contributed by atoms with E-state index in [2.05, 4.69) is 0 Å². The molecule has 0 spiro atoms. The van der Waals surface area contributed by atoms with Crippen molar-refractivity contribution in [1.29, 1.82) is 0 Å². The Morgan fingerprint density at radius 2 is 1.57 bits per heavy atom. The fraction of sp³-hybridized carbons (Fsp3) is 0.750. The Labute approximate surface area is 80.8 Å². The fourth-order valence-corrected chi connectivity index (χ4v) is 1.33. The second kappa shape index (κ2) is 4.68. The Morgan fingerprint density at radius 1 is 1.07 bits per heavy atom. The molecular formula is C4H9NO7S2. The smallest absolute Gasteiger partial charge is 0.274 e. The van der Waals surface area contributed by atoms with Crippen LogP contribution in [0, 0.1) is 0 Å². The van der Waals surface area contributed by atoms with Gasteiger partial charge in [-0.3, -0.25) is 13.9 Å². The highest BCUT2D eigenvalue weighted by atomic mass is 32.2. The molecule has 84 valence electrons. The van der Waals surface area contributed by atoms with E-state index in [1.54, 1.807) is 0 Å². The van der Waals surface area contributed by atoms with Gasteiger partial charge in [-0.15, -0.1) is 0 Å². The highest BCUT2D eigenvalue weighted by molar-refractivity contribution is 7.86. The van der Waals surface area contributed by atoms with Crippen molar-refractivity contribution in [2.75, 3.05) is 18.1 Å². The molecule has 0 heterocycles. The average molecular weight is 247 g/mol. The summed E-state index contributed by atoms with van der Waals surface area (Å²) >= 11 is 0. The van der Waals surface area contributed by atoms with Crippen molar-refractivity contribution < 1.29 is 30.7 Å². The Balaban J connectivity index is 3.89. The first-order valence-electron chi connectivity index (χ1n) is 3.27. The van der Waals surface area contributed by atoms with Gasteiger partial charge in [-0.2, -0.15) is 16.8 Å². The lowest BCUT2D eigenvalue weighted by molar-refractivity contribution is -0.118. The summed E-state index contributed by atoms with van der Waals surface area (Å²) in [6, 6.07) is 0. The van der Waals surface area contributed by atoms with Gasteiger partial charge in [-0.1, -0.05) is 0 Å². The molecule has 0 saturated carbocycles. The predicted molar refractivity (Wildman–Crippen MR) is 45.8 cm³/mol.